The van der Waals surface area contributed by atoms with Crippen LogP contribution in [0.15, 0.2) is 299 Å². The van der Waals surface area contributed by atoms with Gasteiger partial charge in [-0.15, -0.1) is 0 Å². The number of rotatable bonds is 12. The van der Waals surface area contributed by atoms with Crippen LogP contribution in [0, 0.1) is 0 Å². The average molecular weight is 949 g/mol. The normalized spacial score (nSPS) is 16.0. The highest BCUT2D eigenvalue weighted by Gasteiger charge is 2.44. The second-order valence-electron chi connectivity index (χ2n) is 17.8. The van der Waals surface area contributed by atoms with E-state index >= 15 is 0 Å². The van der Waals surface area contributed by atoms with Crippen LogP contribution >= 0.6 is 23.5 Å². The molecule has 3 aliphatic rings. The Bertz CT molecular complexity index is 3980. The molecule has 6 heteroatoms. The highest BCUT2D eigenvalue weighted by Crippen LogP contribution is 2.54. The molecule has 4 nitrogen and oxygen atoms in total. The van der Waals surface area contributed by atoms with Crippen molar-refractivity contribution in [2.75, 3.05) is 9.80 Å². The Morgan fingerprint density at radius 1 is 0.507 bits per heavy atom. The summed E-state index contributed by atoms with van der Waals surface area (Å²) in [6.45, 7) is 0. The molecule has 71 heavy (non-hydrogen) atoms. The van der Waals surface area contributed by atoms with E-state index in [1.165, 1.54) is 0 Å². The molecule has 1 unspecified atom stereocenters. The Labute approximate surface area is 420 Å². The van der Waals surface area contributed by atoms with Gasteiger partial charge in [-0.3, -0.25) is 0 Å². The summed E-state index contributed by atoms with van der Waals surface area (Å²) < 4.78 is 13.6. The Kier molecular flexibility index (Phi) is 11.0. The van der Waals surface area contributed by atoms with Crippen LogP contribution in [0.5, 0.6) is 0 Å². The molecule has 0 amide bonds. The van der Waals surface area contributed by atoms with Gasteiger partial charge in [0.25, 0.3) is 0 Å². The van der Waals surface area contributed by atoms with Crippen molar-refractivity contribution in [3.8, 4) is 0 Å². The van der Waals surface area contributed by atoms with Gasteiger partial charge in [0.05, 0.1) is 5.69 Å². The van der Waals surface area contributed by atoms with E-state index in [1.54, 1.807) is 23.5 Å². The lowest BCUT2D eigenvalue weighted by molar-refractivity contribution is 0.650. The molecule has 338 valence electrons. The molecular weight excluding hydrogens is 905 g/mol. The molecule has 0 fully saturated rings. The first-order valence-electron chi connectivity index (χ1n) is 24.0. The van der Waals surface area contributed by atoms with E-state index in [9.17, 15) is 0 Å². The van der Waals surface area contributed by atoms with Gasteiger partial charge in [0.15, 0.2) is 0 Å². The second-order valence-corrected chi connectivity index (χ2v) is 20.0. The lowest BCUT2D eigenvalue weighted by atomic mass is 9.78. The molecule has 0 spiro atoms. The summed E-state index contributed by atoms with van der Waals surface area (Å²) in [7, 11) is 0. The SMILES string of the molecule is C1=C=CC(C2=CC=CC2(c2ccccc2)N(c2cccc(N(C3=CCCC=C3)c3cc(Sc4ccccc4)c4c(c3)oc3ccccc34)c2)c2cc(Sc3ccccc3)c3c(c2)oc2ccccc23)=CC=1. The third-order valence-corrected chi connectivity index (χ3v) is 15.5. The van der Waals surface area contributed by atoms with Crippen molar-refractivity contribution in [2.45, 2.75) is 38.0 Å². The molecule has 0 N–H and O–H groups in total. The minimum Gasteiger partial charge on any atom is -0.456 e. The van der Waals surface area contributed by atoms with Gasteiger partial charge < -0.3 is 18.6 Å². The molecule has 0 bridgehead atoms. The summed E-state index contributed by atoms with van der Waals surface area (Å²) in [6.07, 6.45) is 21.8. The zero-order valence-corrected chi connectivity index (χ0v) is 40.2. The standard InChI is InChI=1S/C65H44N2O2S2/c1-6-22-45(23-7-1)56-36-21-39-65(56,46-24-8-2-9-25-46)67(51-42-60-64(55-35-17-19-38-58(55)69-60)62(44-51)71-53-32-14-5-15-33-53)49-29-20-28-48(40-49)66(47-26-10-3-11-27-47)50-41-59-63(54-34-16-18-37-57(54)68-59)61(43-50)70-52-30-12-4-13-31-52/h2,4-6,8-10,12-44H,3,11H2. The van der Waals surface area contributed by atoms with Gasteiger partial charge in [0, 0.05) is 76.0 Å². The van der Waals surface area contributed by atoms with E-state index in [0.717, 1.165) is 121 Å². The zero-order valence-electron chi connectivity index (χ0n) is 38.5. The number of anilines is 4. The minimum absolute atomic E-state index is 0.823. The molecule has 1 atom stereocenters. The lowest BCUT2D eigenvalue weighted by Crippen LogP contribution is -2.43. The second kappa shape index (κ2) is 18.2. The van der Waals surface area contributed by atoms with E-state index in [2.05, 4.69) is 240 Å². The van der Waals surface area contributed by atoms with Crippen LogP contribution < -0.4 is 9.80 Å². The summed E-state index contributed by atoms with van der Waals surface area (Å²) in [5.41, 5.74) is 17.4. The summed E-state index contributed by atoms with van der Waals surface area (Å²) in [5.74, 6) is 0. The number of benzene rings is 8. The third kappa shape index (κ3) is 7.72. The van der Waals surface area contributed by atoms with E-state index in [4.69, 9.17) is 8.83 Å². The molecule has 0 saturated carbocycles. The fourth-order valence-electron chi connectivity index (χ4n) is 10.4. The fraction of sp³-hybridized carbons (Fsp3) is 0.0462. The van der Waals surface area contributed by atoms with Crippen LogP contribution in [-0.2, 0) is 5.54 Å². The summed E-state index contributed by atoms with van der Waals surface area (Å²) in [4.78, 5) is 9.46. The first-order valence-corrected chi connectivity index (χ1v) is 25.6. The van der Waals surface area contributed by atoms with Gasteiger partial charge in [-0.1, -0.05) is 168 Å². The Morgan fingerprint density at radius 3 is 1.75 bits per heavy atom. The quantitative estimate of drug-likeness (QED) is 0.114. The maximum Gasteiger partial charge on any atom is 0.138 e. The molecule has 8 aromatic carbocycles. The van der Waals surface area contributed by atoms with Crippen LogP contribution in [0.2, 0.25) is 0 Å². The number of allylic oxidation sites excluding steroid dienone is 8. The fourth-order valence-corrected chi connectivity index (χ4v) is 12.5. The third-order valence-electron chi connectivity index (χ3n) is 13.4. The van der Waals surface area contributed by atoms with E-state index < -0.39 is 5.54 Å². The van der Waals surface area contributed by atoms with E-state index in [0.29, 0.717) is 0 Å². The molecular formula is C65H44N2O2S2. The molecule has 3 aliphatic carbocycles. The summed E-state index contributed by atoms with van der Waals surface area (Å²) >= 11 is 3.53. The topological polar surface area (TPSA) is 32.8 Å². The van der Waals surface area contributed by atoms with Crippen molar-refractivity contribution in [3.63, 3.8) is 0 Å². The van der Waals surface area contributed by atoms with Gasteiger partial charge in [-0.2, -0.15) is 0 Å². The van der Waals surface area contributed by atoms with Crippen molar-refractivity contribution < 1.29 is 8.83 Å². The molecule has 2 aromatic heterocycles. The molecule has 0 radical (unpaired) electrons. The highest BCUT2D eigenvalue weighted by atomic mass is 32.2. The van der Waals surface area contributed by atoms with Crippen LogP contribution in [0.1, 0.15) is 18.4 Å². The zero-order chi connectivity index (χ0) is 47.1. The number of para-hydroxylation sites is 2. The molecule has 10 aromatic rings. The minimum atomic E-state index is -0.828. The maximum atomic E-state index is 6.86. The van der Waals surface area contributed by atoms with Crippen molar-refractivity contribution >= 4 is 90.2 Å². The molecule has 2 heterocycles. The van der Waals surface area contributed by atoms with Crippen LogP contribution in [-0.4, -0.2) is 0 Å². The Balaban J connectivity index is 1.07. The van der Waals surface area contributed by atoms with Crippen molar-refractivity contribution in [1.29, 1.82) is 0 Å². The maximum absolute atomic E-state index is 6.86. The van der Waals surface area contributed by atoms with E-state index in [1.807, 2.05) is 24.3 Å². The van der Waals surface area contributed by atoms with Crippen molar-refractivity contribution in [1.82, 2.24) is 0 Å². The van der Waals surface area contributed by atoms with Gasteiger partial charge in [-0.25, -0.2) is 0 Å². The summed E-state index contributed by atoms with van der Waals surface area (Å²) in [5, 5.41) is 4.41. The van der Waals surface area contributed by atoms with Gasteiger partial charge in [0.2, 0.25) is 0 Å². The van der Waals surface area contributed by atoms with Crippen LogP contribution in [0.4, 0.5) is 22.7 Å². The number of hydrogen-bond donors (Lipinski definition) is 0. The highest BCUT2D eigenvalue weighted by molar-refractivity contribution is 7.99. The first kappa shape index (κ1) is 42.7. The molecule has 0 aliphatic heterocycles. The van der Waals surface area contributed by atoms with E-state index in [-0.39, 0.29) is 0 Å². The van der Waals surface area contributed by atoms with Crippen molar-refractivity contribution in [2.24, 2.45) is 0 Å². The predicted molar refractivity (Wildman–Crippen MR) is 295 cm³/mol. The van der Waals surface area contributed by atoms with Gasteiger partial charge in [-0.05, 0) is 127 Å². The van der Waals surface area contributed by atoms with Crippen molar-refractivity contribution in [3.05, 3.63) is 277 Å². The largest absolute Gasteiger partial charge is 0.456 e. The average Bonchev–Trinajstić information content (AvgIpc) is 4.15. The Morgan fingerprint density at radius 2 is 1.11 bits per heavy atom. The number of furan rings is 2. The molecule has 13 rings (SSSR count). The summed E-state index contributed by atoms with van der Waals surface area (Å²) in [6, 6.07) is 67.1. The smallest absolute Gasteiger partial charge is 0.138 e. The van der Waals surface area contributed by atoms with Gasteiger partial charge >= 0.3 is 0 Å². The van der Waals surface area contributed by atoms with Crippen LogP contribution in [0.25, 0.3) is 43.9 Å². The monoisotopic (exact) mass is 948 g/mol. The Hall–Kier alpha value is -8.34. The number of fused-ring (bicyclic) bond motifs is 6. The molecule has 0 saturated heterocycles. The van der Waals surface area contributed by atoms with Gasteiger partial charge in [0.1, 0.15) is 27.9 Å². The van der Waals surface area contributed by atoms with Crippen LogP contribution in [0.3, 0.4) is 0 Å². The predicted octanol–water partition coefficient (Wildman–Crippen LogP) is 18.5. The number of hydrogen-bond acceptors (Lipinski definition) is 6. The lowest BCUT2D eigenvalue weighted by Gasteiger charge is -2.45. The first-order chi connectivity index (χ1) is 35.2. The number of nitrogens with zero attached hydrogens (tertiary/aromatic N) is 2.